The van der Waals surface area contributed by atoms with Crippen molar-refractivity contribution in [2.75, 3.05) is 38.6 Å². The highest BCUT2D eigenvalue weighted by Gasteiger charge is 2.21. The molecule has 6 heteroatoms. The van der Waals surface area contributed by atoms with Gasteiger partial charge in [0.1, 0.15) is 0 Å². The van der Waals surface area contributed by atoms with Gasteiger partial charge in [0.2, 0.25) is 0 Å². The van der Waals surface area contributed by atoms with E-state index in [1.165, 1.54) is 0 Å². The van der Waals surface area contributed by atoms with Crippen molar-refractivity contribution in [3.05, 3.63) is 29.8 Å². The number of anilines is 1. The number of benzene rings is 1. The third-order valence-electron chi connectivity index (χ3n) is 3.68. The van der Waals surface area contributed by atoms with Crippen LogP contribution in [0.5, 0.6) is 0 Å². The summed E-state index contributed by atoms with van der Waals surface area (Å²) in [5.74, 6) is 0.0428. The third-order valence-corrected chi connectivity index (χ3v) is 3.68. The highest BCUT2D eigenvalue weighted by molar-refractivity contribution is 5.94. The predicted octanol–water partition coefficient (Wildman–Crippen LogP) is 3.43. The number of halogens is 2. The van der Waals surface area contributed by atoms with E-state index in [0.717, 1.165) is 24.2 Å². The van der Waals surface area contributed by atoms with Crippen LogP contribution in [-0.2, 0) is 0 Å². The fraction of sp³-hybridized carbons (Fsp3) is 0.588. The first-order chi connectivity index (χ1) is 9.80. The van der Waals surface area contributed by atoms with Crippen molar-refractivity contribution >= 4 is 36.4 Å². The SMILES string of the molecule is CCCN(C)c1ccc(C(=O)N(C)CC(C)(C)CN)cc1.Cl.Cl. The summed E-state index contributed by atoms with van der Waals surface area (Å²) < 4.78 is 0. The van der Waals surface area contributed by atoms with Crippen LogP contribution in [-0.4, -0.2) is 44.5 Å². The molecule has 4 nitrogen and oxygen atoms in total. The van der Waals surface area contributed by atoms with E-state index in [2.05, 4.69) is 32.7 Å². The molecule has 0 bridgehead atoms. The third kappa shape index (κ3) is 7.42. The van der Waals surface area contributed by atoms with Crippen molar-refractivity contribution in [2.24, 2.45) is 11.1 Å². The van der Waals surface area contributed by atoms with Gasteiger partial charge in [0, 0.05) is 38.4 Å². The Kier molecular flexibility index (Phi) is 11.3. The summed E-state index contributed by atoms with van der Waals surface area (Å²) in [5, 5.41) is 0. The Balaban J connectivity index is 0. The molecule has 1 aromatic carbocycles. The maximum atomic E-state index is 12.4. The van der Waals surface area contributed by atoms with E-state index >= 15 is 0 Å². The zero-order valence-electron chi connectivity index (χ0n) is 14.8. The van der Waals surface area contributed by atoms with Gasteiger partial charge < -0.3 is 15.5 Å². The second kappa shape index (κ2) is 10.7. The van der Waals surface area contributed by atoms with Gasteiger partial charge in [0.25, 0.3) is 5.91 Å². The normalized spacial score (nSPS) is 10.3. The van der Waals surface area contributed by atoms with E-state index in [9.17, 15) is 4.79 Å². The Morgan fingerprint density at radius 1 is 1.13 bits per heavy atom. The molecule has 0 radical (unpaired) electrons. The van der Waals surface area contributed by atoms with Gasteiger partial charge in [0.15, 0.2) is 0 Å². The van der Waals surface area contributed by atoms with Crippen molar-refractivity contribution in [1.29, 1.82) is 0 Å². The van der Waals surface area contributed by atoms with Crippen molar-refractivity contribution < 1.29 is 4.79 Å². The van der Waals surface area contributed by atoms with Gasteiger partial charge in [-0.2, -0.15) is 0 Å². The first-order valence-electron chi connectivity index (χ1n) is 7.57. The molecule has 0 atom stereocenters. The largest absolute Gasteiger partial charge is 0.375 e. The lowest BCUT2D eigenvalue weighted by atomic mass is 9.93. The lowest BCUT2D eigenvalue weighted by Gasteiger charge is -2.29. The summed E-state index contributed by atoms with van der Waals surface area (Å²) in [6, 6.07) is 7.81. The number of carbonyl (C=O) groups is 1. The molecule has 1 aromatic rings. The lowest BCUT2D eigenvalue weighted by molar-refractivity contribution is 0.0740. The Bertz CT molecular complexity index is 463. The molecular weight excluding hydrogens is 333 g/mol. The minimum atomic E-state index is -0.0638. The van der Waals surface area contributed by atoms with Crippen molar-refractivity contribution in [3.8, 4) is 0 Å². The van der Waals surface area contributed by atoms with Crippen LogP contribution in [0.25, 0.3) is 0 Å². The zero-order chi connectivity index (χ0) is 16.0. The molecule has 23 heavy (non-hydrogen) atoms. The highest BCUT2D eigenvalue weighted by atomic mass is 35.5. The van der Waals surface area contributed by atoms with Crippen molar-refractivity contribution in [1.82, 2.24) is 4.90 Å². The fourth-order valence-electron chi connectivity index (χ4n) is 2.32. The Labute approximate surface area is 153 Å². The van der Waals surface area contributed by atoms with Gasteiger partial charge in [-0.15, -0.1) is 24.8 Å². The lowest BCUT2D eigenvalue weighted by Crippen LogP contribution is -2.39. The van der Waals surface area contributed by atoms with Gasteiger partial charge in [0.05, 0.1) is 0 Å². The van der Waals surface area contributed by atoms with Gasteiger partial charge in [-0.05, 0) is 42.6 Å². The second-order valence-electron chi connectivity index (χ2n) is 6.50. The van der Waals surface area contributed by atoms with Crippen LogP contribution in [0.4, 0.5) is 5.69 Å². The minimum absolute atomic E-state index is 0. The standard InChI is InChI=1S/C17H29N3O.2ClH/c1-6-11-19(4)15-9-7-14(8-10-15)16(21)20(5)13-17(2,3)12-18;;/h7-10H,6,11-13,18H2,1-5H3;2*1H. The van der Waals surface area contributed by atoms with Crippen LogP contribution in [0, 0.1) is 5.41 Å². The molecule has 0 aliphatic carbocycles. The summed E-state index contributed by atoms with van der Waals surface area (Å²) >= 11 is 0. The van der Waals surface area contributed by atoms with E-state index < -0.39 is 0 Å². The average molecular weight is 364 g/mol. The number of nitrogens with zero attached hydrogens (tertiary/aromatic N) is 2. The summed E-state index contributed by atoms with van der Waals surface area (Å²) in [5.41, 5.74) is 7.53. The van der Waals surface area contributed by atoms with Crippen LogP contribution < -0.4 is 10.6 Å². The van der Waals surface area contributed by atoms with Gasteiger partial charge >= 0.3 is 0 Å². The Hall–Kier alpha value is -0.970. The molecule has 0 spiro atoms. The quantitative estimate of drug-likeness (QED) is 0.806. The number of nitrogens with two attached hydrogens (primary N) is 1. The van der Waals surface area contributed by atoms with E-state index in [1.807, 2.05) is 31.3 Å². The number of carbonyl (C=O) groups excluding carboxylic acids is 1. The van der Waals surface area contributed by atoms with Crippen LogP contribution in [0.3, 0.4) is 0 Å². The van der Waals surface area contributed by atoms with Crippen LogP contribution >= 0.6 is 24.8 Å². The first-order valence-corrected chi connectivity index (χ1v) is 7.57. The molecule has 0 unspecified atom stereocenters. The first kappa shape index (κ1) is 24.3. The zero-order valence-corrected chi connectivity index (χ0v) is 16.5. The average Bonchev–Trinajstić information content (AvgIpc) is 2.46. The number of hydrogen-bond donors (Lipinski definition) is 1. The molecule has 0 fully saturated rings. The van der Waals surface area contributed by atoms with Crippen molar-refractivity contribution in [2.45, 2.75) is 27.2 Å². The molecule has 0 saturated heterocycles. The maximum absolute atomic E-state index is 12.4. The van der Waals surface area contributed by atoms with Gasteiger partial charge in [-0.3, -0.25) is 4.79 Å². The molecule has 0 heterocycles. The molecule has 0 saturated carbocycles. The molecule has 134 valence electrons. The monoisotopic (exact) mass is 363 g/mol. The van der Waals surface area contributed by atoms with Crippen LogP contribution in [0.15, 0.2) is 24.3 Å². The summed E-state index contributed by atoms with van der Waals surface area (Å²) in [7, 11) is 3.90. The van der Waals surface area contributed by atoms with E-state index in [4.69, 9.17) is 5.73 Å². The minimum Gasteiger partial charge on any atom is -0.375 e. The molecule has 0 aromatic heterocycles. The van der Waals surface area contributed by atoms with Gasteiger partial charge in [-0.25, -0.2) is 0 Å². The molecular formula is C17H31Cl2N3O. The summed E-state index contributed by atoms with van der Waals surface area (Å²) in [4.78, 5) is 16.4. The van der Waals surface area contributed by atoms with E-state index in [1.54, 1.807) is 4.90 Å². The molecule has 2 N–H and O–H groups in total. The number of rotatable bonds is 7. The van der Waals surface area contributed by atoms with E-state index in [0.29, 0.717) is 13.1 Å². The number of amides is 1. The highest BCUT2D eigenvalue weighted by Crippen LogP contribution is 2.18. The summed E-state index contributed by atoms with van der Waals surface area (Å²) in [6.45, 7) is 8.52. The molecule has 1 rings (SSSR count). The molecule has 0 aliphatic heterocycles. The predicted molar refractivity (Wildman–Crippen MR) is 104 cm³/mol. The van der Waals surface area contributed by atoms with Crippen LogP contribution in [0.2, 0.25) is 0 Å². The Morgan fingerprint density at radius 3 is 2.09 bits per heavy atom. The van der Waals surface area contributed by atoms with Gasteiger partial charge in [-0.1, -0.05) is 20.8 Å². The second-order valence-corrected chi connectivity index (χ2v) is 6.50. The Morgan fingerprint density at radius 2 is 1.65 bits per heavy atom. The summed E-state index contributed by atoms with van der Waals surface area (Å²) in [6.07, 6.45) is 1.11. The van der Waals surface area contributed by atoms with Crippen LogP contribution in [0.1, 0.15) is 37.6 Å². The van der Waals surface area contributed by atoms with E-state index in [-0.39, 0.29) is 36.1 Å². The molecule has 0 aliphatic rings. The van der Waals surface area contributed by atoms with Crippen molar-refractivity contribution in [3.63, 3.8) is 0 Å². The number of hydrogen-bond acceptors (Lipinski definition) is 3. The topological polar surface area (TPSA) is 49.6 Å². The fourth-order valence-corrected chi connectivity index (χ4v) is 2.32. The smallest absolute Gasteiger partial charge is 0.253 e. The molecule has 1 amide bonds. The maximum Gasteiger partial charge on any atom is 0.253 e.